The molecule has 1 fully saturated rings. The molecule has 3 aromatic heterocycles. The van der Waals surface area contributed by atoms with E-state index >= 15 is 4.39 Å². The third-order valence-corrected chi connectivity index (χ3v) is 5.47. The average Bonchev–Trinajstić information content (AvgIpc) is 3.39. The molecule has 32 heavy (non-hydrogen) atoms. The van der Waals surface area contributed by atoms with Crippen molar-refractivity contribution in [2.75, 3.05) is 5.32 Å². The van der Waals surface area contributed by atoms with E-state index in [0.29, 0.717) is 5.65 Å². The average molecular weight is 445 g/mol. The van der Waals surface area contributed by atoms with Crippen molar-refractivity contribution in [3.05, 3.63) is 65.4 Å². The van der Waals surface area contributed by atoms with Gasteiger partial charge in [-0.25, -0.2) is 22.5 Å². The highest BCUT2D eigenvalue weighted by Crippen LogP contribution is 2.48. The molecule has 164 valence electrons. The van der Waals surface area contributed by atoms with Gasteiger partial charge in [-0.05, 0) is 25.1 Å². The zero-order valence-corrected chi connectivity index (χ0v) is 16.6. The number of alkyl halides is 2. The van der Waals surface area contributed by atoms with Gasteiger partial charge in [0.2, 0.25) is 17.6 Å². The Morgan fingerprint density at radius 1 is 1.28 bits per heavy atom. The van der Waals surface area contributed by atoms with Crippen LogP contribution in [0.4, 0.5) is 23.2 Å². The first-order chi connectivity index (χ1) is 15.2. The third-order valence-electron chi connectivity index (χ3n) is 5.47. The molecule has 4 aromatic rings. The van der Waals surface area contributed by atoms with Gasteiger partial charge in [0, 0.05) is 30.5 Å². The molecule has 1 amide bonds. The highest BCUT2D eigenvalue weighted by molar-refractivity contribution is 6.04. The molecule has 0 radical (unpaired) electrons. The molecule has 1 aromatic carbocycles. The van der Waals surface area contributed by atoms with Gasteiger partial charge in [-0.1, -0.05) is 11.2 Å². The second-order valence-corrected chi connectivity index (χ2v) is 7.66. The molecule has 1 aliphatic rings. The number of imidazole rings is 1. The Hall–Kier alpha value is -3.76. The van der Waals surface area contributed by atoms with Crippen LogP contribution >= 0.6 is 0 Å². The molecule has 1 saturated carbocycles. The van der Waals surface area contributed by atoms with E-state index in [1.807, 2.05) is 0 Å². The molecular weight excluding hydrogens is 430 g/mol. The summed E-state index contributed by atoms with van der Waals surface area (Å²) in [5.41, 5.74) is -0.246. The number of nitrogens with zero attached hydrogens (tertiary/aromatic N) is 4. The number of amides is 1. The number of hydrogen-bond acceptors (Lipinski definition) is 5. The van der Waals surface area contributed by atoms with Crippen LogP contribution in [-0.4, -0.2) is 31.4 Å². The summed E-state index contributed by atoms with van der Waals surface area (Å²) in [6.45, 7) is 1.31. The number of nitrogens with one attached hydrogen (secondary N) is 1. The van der Waals surface area contributed by atoms with E-state index in [4.69, 9.17) is 4.52 Å². The molecule has 0 unspecified atom stereocenters. The number of anilines is 1. The monoisotopic (exact) mass is 445 g/mol. The van der Waals surface area contributed by atoms with Crippen molar-refractivity contribution in [3.8, 4) is 11.4 Å². The minimum absolute atomic E-state index is 0.0670. The summed E-state index contributed by atoms with van der Waals surface area (Å²) in [6.07, 6.45) is 2.04. The normalized spacial score (nSPS) is 15.7. The number of carbonyl (C=O) groups excluding carboxylic acids is 1. The lowest BCUT2D eigenvalue weighted by Crippen LogP contribution is -2.33. The summed E-state index contributed by atoms with van der Waals surface area (Å²) in [6, 6.07) is 6.01. The topological polar surface area (TPSA) is 85.3 Å². The van der Waals surface area contributed by atoms with Crippen molar-refractivity contribution in [2.45, 2.75) is 31.6 Å². The molecule has 3 heterocycles. The zero-order chi connectivity index (χ0) is 22.6. The van der Waals surface area contributed by atoms with Crippen molar-refractivity contribution < 1.29 is 26.9 Å². The quantitative estimate of drug-likeness (QED) is 0.459. The van der Waals surface area contributed by atoms with Gasteiger partial charge < -0.3 is 9.84 Å². The minimum atomic E-state index is -2.80. The maximum Gasteiger partial charge on any atom is 0.274 e. The van der Waals surface area contributed by atoms with Crippen LogP contribution in [0.1, 0.15) is 40.7 Å². The first-order valence-electron chi connectivity index (χ1n) is 9.67. The second kappa shape index (κ2) is 7.14. The smallest absolute Gasteiger partial charge is 0.274 e. The van der Waals surface area contributed by atoms with Crippen LogP contribution in [0.25, 0.3) is 17.0 Å². The van der Waals surface area contributed by atoms with E-state index in [9.17, 15) is 18.0 Å². The van der Waals surface area contributed by atoms with Gasteiger partial charge in [0.1, 0.15) is 17.2 Å². The first-order valence-corrected chi connectivity index (χ1v) is 9.67. The number of carbonyl (C=O) groups is 1. The minimum Gasteiger partial charge on any atom is -0.339 e. The number of hydrogen-bond donors (Lipinski definition) is 1. The molecule has 0 atom stereocenters. The summed E-state index contributed by atoms with van der Waals surface area (Å²) in [5.74, 6) is -6.28. The molecule has 11 heteroatoms. The lowest BCUT2D eigenvalue weighted by atomic mass is 9.81. The SMILES string of the molecule is Cc1c(F)cc(-c2noc(C3CC(F)(F)C3)n2)c(F)c1NC(=O)c1cnc2ccccn12. The maximum absolute atomic E-state index is 15.3. The Balaban J connectivity index is 1.48. The highest BCUT2D eigenvalue weighted by atomic mass is 19.3. The number of fused-ring (bicyclic) bond motifs is 1. The summed E-state index contributed by atoms with van der Waals surface area (Å²) in [7, 11) is 0. The van der Waals surface area contributed by atoms with E-state index in [2.05, 4.69) is 20.4 Å². The van der Waals surface area contributed by atoms with Gasteiger partial charge in [-0.3, -0.25) is 9.20 Å². The van der Waals surface area contributed by atoms with E-state index in [1.54, 1.807) is 24.4 Å². The van der Waals surface area contributed by atoms with E-state index in [0.717, 1.165) is 6.07 Å². The molecule has 0 saturated heterocycles. The number of halogens is 4. The van der Waals surface area contributed by atoms with E-state index < -0.39 is 47.9 Å². The fourth-order valence-corrected chi connectivity index (χ4v) is 3.65. The Bertz CT molecular complexity index is 1360. The van der Waals surface area contributed by atoms with Crippen LogP contribution in [0.5, 0.6) is 0 Å². The van der Waals surface area contributed by atoms with Crippen LogP contribution in [-0.2, 0) is 0 Å². The number of benzene rings is 1. The lowest BCUT2D eigenvalue weighted by Gasteiger charge is -2.31. The Labute approximate surface area is 178 Å². The van der Waals surface area contributed by atoms with Crippen molar-refractivity contribution in [1.29, 1.82) is 0 Å². The molecule has 7 nitrogen and oxygen atoms in total. The van der Waals surface area contributed by atoms with Crippen molar-refractivity contribution in [2.24, 2.45) is 0 Å². The standard InChI is InChI=1S/C21H15F4N5O2/c1-10-13(22)6-12(18-28-20(32-29-18)11-7-21(24,25)8-11)16(23)17(10)27-19(31)14-9-26-15-4-2-3-5-30(14)15/h2-6,9,11H,7-8H2,1H3,(H,27,31). The third kappa shape index (κ3) is 3.29. The number of rotatable bonds is 4. The molecule has 1 N–H and O–H groups in total. The van der Waals surface area contributed by atoms with Gasteiger partial charge >= 0.3 is 0 Å². The molecule has 0 spiro atoms. The summed E-state index contributed by atoms with van der Waals surface area (Å²) >= 11 is 0. The van der Waals surface area contributed by atoms with Gasteiger partial charge in [0.05, 0.1) is 17.4 Å². The molecule has 5 rings (SSSR count). The van der Waals surface area contributed by atoms with Crippen LogP contribution in [0.2, 0.25) is 0 Å². The fourth-order valence-electron chi connectivity index (χ4n) is 3.65. The van der Waals surface area contributed by atoms with Crippen LogP contribution in [0.3, 0.4) is 0 Å². The predicted octanol–water partition coefficient (Wildman–Crippen LogP) is 4.74. The van der Waals surface area contributed by atoms with E-state index in [1.165, 1.54) is 17.5 Å². The van der Waals surface area contributed by atoms with Crippen molar-refractivity contribution in [1.82, 2.24) is 19.5 Å². The zero-order valence-electron chi connectivity index (χ0n) is 16.6. The molecule has 1 aliphatic carbocycles. The summed E-state index contributed by atoms with van der Waals surface area (Å²) < 4.78 is 62.6. The maximum atomic E-state index is 15.3. The van der Waals surface area contributed by atoms with Gasteiger partial charge in [0.25, 0.3) is 5.91 Å². The van der Waals surface area contributed by atoms with Crippen molar-refractivity contribution >= 4 is 17.2 Å². The van der Waals surface area contributed by atoms with Gasteiger partial charge in [0.15, 0.2) is 5.82 Å². The fraction of sp³-hybridized carbons (Fsp3) is 0.238. The first kappa shape index (κ1) is 20.2. The van der Waals surface area contributed by atoms with Crippen LogP contribution < -0.4 is 5.32 Å². The summed E-state index contributed by atoms with van der Waals surface area (Å²) in [5, 5.41) is 6.00. The van der Waals surface area contributed by atoms with E-state index in [-0.39, 0.29) is 28.5 Å². The van der Waals surface area contributed by atoms with Gasteiger partial charge in [-0.2, -0.15) is 4.98 Å². The van der Waals surface area contributed by atoms with Gasteiger partial charge in [-0.15, -0.1) is 0 Å². The van der Waals surface area contributed by atoms with Crippen LogP contribution in [0.15, 0.2) is 41.2 Å². The van der Waals surface area contributed by atoms with Crippen molar-refractivity contribution in [3.63, 3.8) is 0 Å². The highest BCUT2D eigenvalue weighted by Gasteiger charge is 2.48. The number of pyridine rings is 1. The molecular formula is C21H15F4N5O2. The Kier molecular flexibility index (Phi) is 4.50. The molecule has 0 aliphatic heterocycles. The van der Waals surface area contributed by atoms with Crippen LogP contribution in [0, 0.1) is 18.6 Å². The molecule has 0 bridgehead atoms. The Morgan fingerprint density at radius 3 is 2.81 bits per heavy atom. The number of aromatic nitrogens is 4. The lowest BCUT2D eigenvalue weighted by molar-refractivity contribution is -0.0925. The second-order valence-electron chi connectivity index (χ2n) is 7.66. The largest absolute Gasteiger partial charge is 0.339 e. The summed E-state index contributed by atoms with van der Waals surface area (Å²) in [4.78, 5) is 20.8. The Morgan fingerprint density at radius 2 is 2.06 bits per heavy atom. The predicted molar refractivity (Wildman–Crippen MR) is 104 cm³/mol.